The van der Waals surface area contributed by atoms with Crippen LogP contribution in [0.1, 0.15) is 10.5 Å². The van der Waals surface area contributed by atoms with Crippen molar-refractivity contribution in [2.45, 2.75) is 6.61 Å². The molecule has 2 N–H and O–H groups in total. The van der Waals surface area contributed by atoms with E-state index in [0.717, 1.165) is 5.56 Å². The number of amides is 1. The molecule has 4 aromatic rings. The maximum absolute atomic E-state index is 12.6. The van der Waals surface area contributed by atoms with E-state index in [1.807, 2.05) is 30.3 Å². The molecule has 0 fully saturated rings. The molecule has 0 saturated carbocycles. The monoisotopic (exact) mass is 412 g/mol. The molecule has 0 radical (unpaired) electrons. The third kappa shape index (κ3) is 4.30. The lowest BCUT2D eigenvalue weighted by Crippen LogP contribution is -2.12. The highest BCUT2D eigenvalue weighted by molar-refractivity contribution is 7.14. The molecule has 1 amide bonds. The Morgan fingerprint density at radius 2 is 1.83 bits per heavy atom. The van der Waals surface area contributed by atoms with Crippen molar-refractivity contribution in [3.05, 3.63) is 71.7 Å². The van der Waals surface area contributed by atoms with E-state index >= 15 is 0 Å². The normalized spacial score (nSPS) is 10.9. The number of benzene rings is 2. The number of hydrogen-bond donors (Lipinski definition) is 2. The SMILES string of the molecule is O=C(Nc1nc(-c2ccccc2OC(F)F)cs1)c1cc(-c2ccccc2)n[nH]1. The number of carbonyl (C=O) groups excluding carboxylic acids is 1. The first-order valence-electron chi connectivity index (χ1n) is 8.52. The zero-order chi connectivity index (χ0) is 20.2. The molecule has 0 aliphatic rings. The van der Waals surface area contributed by atoms with Gasteiger partial charge in [0.05, 0.1) is 11.4 Å². The highest BCUT2D eigenvalue weighted by Gasteiger charge is 2.16. The Morgan fingerprint density at radius 1 is 1.07 bits per heavy atom. The third-order valence-corrected chi connectivity index (χ3v) is 4.75. The second kappa shape index (κ2) is 8.19. The number of aromatic nitrogens is 3. The molecule has 0 atom stereocenters. The standard InChI is InChI=1S/C20H14F2N4O2S/c21-19(22)28-17-9-5-4-8-13(17)16-11-29-20(23-16)24-18(27)15-10-14(25-26-15)12-6-2-1-3-7-12/h1-11,19H,(H,25,26)(H,23,24,27). The first kappa shape index (κ1) is 18.8. The summed E-state index contributed by atoms with van der Waals surface area (Å²) in [4.78, 5) is 16.8. The first-order chi connectivity index (χ1) is 14.1. The van der Waals surface area contributed by atoms with Gasteiger partial charge in [-0.2, -0.15) is 13.9 Å². The number of halogens is 2. The molecule has 0 unspecified atom stereocenters. The van der Waals surface area contributed by atoms with Crippen molar-refractivity contribution in [2.24, 2.45) is 0 Å². The van der Waals surface area contributed by atoms with Gasteiger partial charge in [-0.3, -0.25) is 15.2 Å². The quantitative estimate of drug-likeness (QED) is 0.464. The van der Waals surface area contributed by atoms with Gasteiger partial charge in [-0.05, 0) is 18.2 Å². The molecule has 0 saturated heterocycles. The molecule has 0 aliphatic heterocycles. The summed E-state index contributed by atoms with van der Waals surface area (Å²) in [7, 11) is 0. The minimum Gasteiger partial charge on any atom is -0.434 e. The number of H-pyrrole nitrogens is 1. The van der Waals surface area contributed by atoms with Gasteiger partial charge >= 0.3 is 6.61 Å². The van der Waals surface area contributed by atoms with Crippen molar-refractivity contribution in [3.63, 3.8) is 0 Å². The number of ether oxygens (including phenoxy) is 1. The molecule has 4 rings (SSSR count). The Bertz CT molecular complexity index is 1130. The van der Waals surface area contributed by atoms with Gasteiger partial charge < -0.3 is 4.74 Å². The average molecular weight is 412 g/mol. The van der Waals surface area contributed by atoms with E-state index in [1.165, 1.54) is 17.4 Å². The van der Waals surface area contributed by atoms with E-state index in [2.05, 4.69) is 25.2 Å². The minimum atomic E-state index is -2.94. The summed E-state index contributed by atoms with van der Waals surface area (Å²) in [5.74, 6) is -0.385. The zero-order valence-electron chi connectivity index (χ0n) is 14.8. The molecule has 0 spiro atoms. The molecular weight excluding hydrogens is 398 g/mol. The lowest BCUT2D eigenvalue weighted by molar-refractivity contribution is -0.0494. The molecule has 2 heterocycles. The maximum Gasteiger partial charge on any atom is 0.387 e. The predicted molar refractivity (Wildman–Crippen MR) is 106 cm³/mol. The van der Waals surface area contributed by atoms with Crippen LogP contribution in [0.3, 0.4) is 0 Å². The van der Waals surface area contributed by atoms with Crippen LogP contribution in [0.15, 0.2) is 66.0 Å². The number of carbonyl (C=O) groups is 1. The molecule has 29 heavy (non-hydrogen) atoms. The summed E-state index contributed by atoms with van der Waals surface area (Å²) < 4.78 is 29.7. The van der Waals surface area contributed by atoms with Crippen LogP contribution in [0.25, 0.3) is 22.5 Å². The highest BCUT2D eigenvalue weighted by Crippen LogP contribution is 2.33. The van der Waals surface area contributed by atoms with Crippen molar-refractivity contribution < 1.29 is 18.3 Å². The maximum atomic E-state index is 12.6. The van der Waals surface area contributed by atoms with E-state index in [9.17, 15) is 13.6 Å². The fourth-order valence-electron chi connectivity index (χ4n) is 2.69. The highest BCUT2D eigenvalue weighted by atomic mass is 32.1. The van der Waals surface area contributed by atoms with Gasteiger partial charge in [-0.25, -0.2) is 4.98 Å². The number of nitrogens with one attached hydrogen (secondary N) is 2. The van der Waals surface area contributed by atoms with Crippen LogP contribution < -0.4 is 10.1 Å². The number of rotatable bonds is 6. The van der Waals surface area contributed by atoms with E-state index in [1.54, 1.807) is 29.6 Å². The average Bonchev–Trinajstić information content (AvgIpc) is 3.38. The van der Waals surface area contributed by atoms with Gasteiger partial charge in [0, 0.05) is 16.5 Å². The van der Waals surface area contributed by atoms with E-state index in [0.29, 0.717) is 22.1 Å². The number of para-hydroxylation sites is 1. The van der Waals surface area contributed by atoms with Crippen molar-refractivity contribution in [1.29, 1.82) is 0 Å². The van der Waals surface area contributed by atoms with Gasteiger partial charge in [0.2, 0.25) is 0 Å². The van der Waals surface area contributed by atoms with E-state index in [-0.39, 0.29) is 11.4 Å². The Hall–Kier alpha value is -3.59. The van der Waals surface area contributed by atoms with Crippen molar-refractivity contribution in [1.82, 2.24) is 15.2 Å². The van der Waals surface area contributed by atoms with Crippen molar-refractivity contribution in [2.75, 3.05) is 5.32 Å². The molecule has 2 aromatic carbocycles. The second-order valence-electron chi connectivity index (χ2n) is 5.90. The lowest BCUT2D eigenvalue weighted by Gasteiger charge is -2.08. The zero-order valence-corrected chi connectivity index (χ0v) is 15.6. The smallest absolute Gasteiger partial charge is 0.387 e. The summed E-state index contributed by atoms with van der Waals surface area (Å²) in [6, 6.07) is 17.5. The number of aromatic amines is 1. The molecular formula is C20H14F2N4O2S. The van der Waals surface area contributed by atoms with Crippen molar-refractivity contribution in [3.8, 4) is 28.3 Å². The van der Waals surface area contributed by atoms with Gasteiger partial charge in [0.1, 0.15) is 11.4 Å². The largest absolute Gasteiger partial charge is 0.434 e. The van der Waals surface area contributed by atoms with Crippen LogP contribution in [0.5, 0.6) is 5.75 Å². The minimum absolute atomic E-state index is 0.0201. The van der Waals surface area contributed by atoms with Crippen LogP contribution in [0, 0.1) is 0 Å². The topological polar surface area (TPSA) is 79.9 Å². The molecule has 146 valence electrons. The van der Waals surface area contributed by atoms with Crippen molar-refractivity contribution >= 4 is 22.4 Å². The Kier molecular flexibility index (Phi) is 5.30. The predicted octanol–water partition coefficient (Wildman–Crippen LogP) is 5.05. The molecule has 0 bridgehead atoms. The Labute approximate surface area is 168 Å². The first-order valence-corrected chi connectivity index (χ1v) is 9.40. The van der Waals surface area contributed by atoms with Gasteiger partial charge in [-0.15, -0.1) is 11.3 Å². The fraction of sp³-hybridized carbons (Fsp3) is 0.0500. The fourth-order valence-corrected chi connectivity index (χ4v) is 3.40. The number of hydrogen-bond acceptors (Lipinski definition) is 5. The molecule has 2 aromatic heterocycles. The summed E-state index contributed by atoms with van der Waals surface area (Å²) >= 11 is 1.18. The summed E-state index contributed by atoms with van der Waals surface area (Å²) in [5.41, 5.74) is 2.65. The van der Waals surface area contributed by atoms with E-state index in [4.69, 9.17) is 0 Å². The molecule has 6 nitrogen and oxygen atoms in total. The molecule has 0 aliphatic carbocycles. The van der Waals surface area contributed by atoms with Crippen LogP contribution >= 0.6 is 11.3 Å². The number of anilines is 1. The third-order valence-electron chi connectivity index (χ3n) is 4.00. The van der Waals surface area contributed by atoms with Gasteiger partial charge in [0.25, 0.3) is 5.91 Å². The summed E-state index contributed by atoms with van der Waals surface area (Å²) in [6.07, 6.45) is 0. The number of nitrogens with zero attached hydrogens (tertiary/aromatic N) is 2. The van der Waals surface area contributed by atoms with Gasteiger partial charge in [-0.1, -0.05) is 42.5 Å². The number of alkyl halides is 2. The lowest BCUT2D eigenvalue weighted by atomic mass is 10.1. The van der Waals surface area contributed by atoms with Gasteiger partial charge in [0.15, 0.2) is 5.13 Å². The van der Waals surface area contributed by atoms with Crippen LogP contribution in [0.4, 0.5) is 13.9 Å². The second-order valence-corrected chi connectivity index (χ2v) is 6.76. The number of thiazole rings is 1. The van der Waals surface area contributed by atoms with Crippen LogP contribution in [-0.2, 0) is 0 Å². The Morgan fingerprint density at radius 3 is 2.62 bits per heavy atom. The van der Waals surface area contributed by atoms with E-state index < -0.39 is 12.5 Å². The summed E-state index contributed by atoms with van der Waals surface area (Å²) in [6.45, 7) is -2.94. The Balaban J connectivity index is 1.50. The van der Waals surface area contributed by atoms with Crippen LogP contribution in [0.2, 0.25) is 0 Å². The molecule has 9 heteroatoms. The van der Waals surface area contributed by atoms with Crippen LogP contribution in [-0.4, -0.2) is 27.7 Å². The summed E-state index contributed by atoms with van der Waals surface area (Å²) in [5, 5.41) is 11.5.